The first kappa shape index (κ1) is 18.3. The third kappa shape index (κ3) is 3.99. The zero-order valence-corrected chi connectivity index (χ0v) is 16.2. The standard InChI is InChI=1S/C19H22N4O2S/c1-5-16-21-17(25-22-16)10-23(4)19(24)15-11-26-18(20-15)14-8-6-13(7-9-14)12(2)3/h6-9,11-12H,5,10H2,1-4H3. The van der Waals surface area contributed by atoms with Gasteiger partial charge in [-0.05, 0) is 11.5 Å². The highest BCUT2D eigenvalue weighted by Crippen LogP contribution is 2.26. The van der Waals surface area contributed by atoms with E-state index in [0.29, 0.717) is 29.7 Å². The van der Waals surface area contributed by atoms with E-state index in [0.717, 1.165) is 10.6 Å². The van der Waals surface area contributed by atoms with E-state index >= 15 is 0 Å². The quantitative estimate of drug-likeness (QED) is 0.652. The second kappa shape index (κ2) is 7.78. The van der Waals surface area contributed by atoms with E-state index in [1.165, 1.54) is 21.8 Å². The molecule has 0 saturated carbocycles. The van der Waals surface area contributed by atoms with Gasteiger partial charge in [0.05, 0.1) is 0 Å². The van der Waals surface area contributed by atoms with Crippen molar-refractivity contribution in [2.75, 3.05) is 7.05 Å². The van der Waals surface area contributed by atoms with E-state index in [9.17, 15) is 4.79 Å². The summed E-state index contributed by atoms with van der Waals surface area (Å²) in [5.41, 5.74) is 2.73. The number of aromatic nitrogens is 3. The van der Waals surface area contributed by atoms with Gasteiger partial charge in [0.25, 0.3) is 5.91 Å². The van der Waals surface area contributed by atoms with Crippen molar-refractivity contribution >= 4 is 17.2 Å². The molecule has 26 heavy (non-hydrogen) atoms. The second-order valence-electron chi connectivity index (χ2n) is 6.43. The van der Waals surface area contributed by atoms with Crippen molar-refractivity contribution < 1.29 is 9.32 Å². The molecule has 136 valence electrons. The fraction of sp³-hybridized carbons (Fsp3) is 0.368. The Morgan fingerprint density at radius 2 is 1.96 bits per heavy atom. The maximum Gasteiger partial charge on any atom is 0.273 e. The van der Waals surface area contributed by atoms with Crippen LogP contribution in [0.15, 0.2) is 34.2 Å². The van der Waals surface area contributed by atoms with Crippen molar-refractivity contribution in [1.82, 2.24) is 20.0 Å². The Balaban J connectivity index is 1.70. The topological polar surface area (TPSA) is 72.1 Å². The molecule has 6 nitrogen and oxygen atoms in total. The number of benzene rings is 1. The van der Waals surface area contributed by atoms with Gasteiger partial charge in [0.15, 0.2) is 5.82 Å². The molecule has 0 unspecified atom stereocenters. The Bertz CT molecular complexity index is 883. The summed E-state index contributed by atoms with van der Waals surface area (Å²) in [6.07, 6.45) is 0.701. The van der Waals surface area contributed by atoms with Gasteiger partial charge in [-0.1, -0.05) is 50.2 Å². The summed E-state index contributed by atoms with van der Waals surface area (Å²) in [5, 5.41) is 6.47. The van der Waals surface area contributed by atoms with Crippen LogP contribution in [0.1, 0.15) is 54.5 Å². The van der Waals surface area contributed by atoms with Crippen LogP contribution in [0, 0.1) is 0 Å². The average molecular weight is 370 g/mol. The van der Waals surface area contributed by atoms with Crippen LogP contribution in [-0.4, -0.2) is 33.0 Å². The van der Waals surface area contributed by atoms with Gasteiger partial charge in [0, 0.05) is 24.4 Å². The highest BCUT2D eigenvalue weighted by molar-refractivity contribution is 7.13. The first-order chi connectivity index (χ1) is 12.5. The van der Waals surface area contributed by atoms with Crippen molar-refractivity contribution in [3.8, 4) is 10.6 Å². The van der Waals surface area contributed by atoms with E-state index < -0.39 is 0 Å². The van der Waals surface area contributed by atoms with Crippen LogP contribution in [0.2, 0.25) is 0 Å². The van der Waals surface area contributed by atoms with Crippen LogP contribution >= 0.6 is 11.3 Å². The number of amides is 1. The molecule has 3 aromatic rings. The summed E-state index contributed by atoms with van der Waals surface area (Å²) in [6.45, 7) is 6.55. The predicted octanol–water partition coefficient (Wildman–Crippen LogP) is 4.15. The molecule has 0 spiro atoms. The third-order valence-electron chi connectivity index (χ3n) is 4.09. The summed E-state index contributed by atoms with van der Waals surface area (Å²) < 4.78 is 5.14. The molecule has 0 radical (unpaired) electrons. The fourth-order valence-corrected chi connectivity index (χ4v) is 3.28. The molecule has 0 aliphatic heterocycles. The molecule has 0 saturated heterocycles. The zero-order valence-electron chi connectivity index (χ0n) is 15.4. The number of rotatable bonds is 6. The maximum absolute atomic E-state index is 12.6. The van der Waals surface area contributed by atoms with E-state index in [1.807, 2.05) is 6.92 Å². The molecular weight excluding hydrogens is 348 g/mol. The van der Waals surface area contributed by atoms with Crippen molar-refractivity contribution in [1.29, 1.82) is 0 Å². The summed E-state index contributed by atoms with van der Waals surface area (Å²) in [5.74, 6) is 1.39. The van der Waals surface area contributed by atoms with E-state index in [1.54, 1.807) is 12.4 Å². The summed E-state index contributed by atoms with van der Waals surface area (Å²) in [4.78, 5) is 22.9. The van der Waals surface area contributed by atoms with Gasteiger partial charge in [-0.2, -0.15) is 4.98 Å². The lowest BCUT2D eigenvalue weighted by molar-refractivity contribution is 0.0764. The summed E-state index contributed by atoms with van der Waals surface area (Å²) >= 11 is 1.47. The van der Waals surface area contributed by atoms with Crippen molar-refractivity contribution in [2.24, 2.45) is 0 Å². The Hall–Kier alpha value is -2.54. The van der Waals surface area contributed by atoms with E-state index in [-0.39, 0.29) is 12.5 Å². The highest BCUT2D eigenvalue weighted by atomic mass is 32.1. The Morgan fingerprint density at radius 3 is 2.58 bits per heavy atom. The summed E-state index contributed by atoms with van der Waals surface area (Å²) in [6, 6.07) is 8.32. The minimum Gasteiger partial charge on any atom is -0.337 e. The number of aryl methyl sites for hydroxylation is 1. The van der Waals surface area contributed by atoms with Crippen LogP contribution in [0.4, 0.5) is 0 Å². The zero-order chi connectivity index (χ0) is 18.7. The third-order valence-corrected chi connectivity index (χ3v) is 4.98. The highest BCUT2D eigenvalue weighted by Gasteiger charge is 2.18. The first-order valence-corrected chi connectivity index (χ1v) is 9.48. The van der Waals surface area contributed by atoms with Gasteiger partial charge in [0.2, 0.25) is 5.89 Å². The molecule has 0 N–H and O–H groups in total. The SMILES string of the molecule is CCc1noc(CN(C)C(=O)c2csc(-c3ccc(C(C)C)cc3)n2)n1. The number of carbonyl (C=O) groups excluding carboxylic acids is 1. The van der Waals surface area contributed by atoms with Gasteiger partial charge < -0.3 is 9.42 Å². The average Bonchev–Trinajstić information content (AvgIpc) is 3.30. The van der Waals surface area contributed by atoms with Crippen molar-refractivity contribution in [3.05, 3.63) is 52.6 Å². The second-order valence-corrected chi connectivity index (χ2v) is 7.29. The number of hydrogen-bond donors (Lipinski definition) is 0. The molecule has 2 heterocycles. The monoisotopic (exact) mass is 370 g/mol. The van der Waals surface area contributed by atoms with Gasteiger partial charge in [-0.25, -0.2) is 4.98 Å². The van der Waals surface area contributed by atoms with Gasteiger partial charge >= 0.3 is 0 Å². The summed E-state index contributed by atoms with van der Waals surface area (Å²) in [7, 11) is 1.70. The molecule has 0 atom stereocenters. The van der Waals surface area contributed by atoms with Crippen LogP contribution in [-0.2, 0) is 13.0 Å². The molecule has 0 aliphatic rings. The van der Waals surface area contributed by atoms with Gasteiger partial charge in [0.1, 0.15) is 17.2 Å². The van der Waals surface area contributed by atoms with Crippen LogP contribution in [0.25, 0.3) is 10.6 Å². The lowest BCUT2D eigenvalue weighted by atomic mass is 10.0. The van der Waals surface area contributed by atoms with Crippen LogP contribution < -0.4 is 0 Å². The van der Waals surface area contributed by atoms with E-state index in [4.69, 9.17) is 4.52 Å². The molecule has 2 aromatic heterocycles. The van der Waals surface area contributed by atoms with Crippen LogP contribution in [0.5, 0.6) is 0 Å². The van der Waals surface area contributed by atoms with Crippen LogP contribution in [0.3, 0.4) is 0 Å². The molecule has 3 rings (SSSR count). The molecule has 1 amide bonds. The molecular formula is C19H22N4O2S. The largest absolute Gasteiger partial charge is 0.337 e. The first-order valence-electron chi connectivity index (χ1n) is 8.60. The molecule has 0 aliphatic carbocycles. The van der Waals surface area contributed by atoms with E-state index in [2.05, 4.69) is 53.2 Å². The Morgan fingerprint density at radius 1 is 1.23 bits per heavy atom. The van der Waals surface area contributed by atoms with Gasteiger partial charge in [-0.3, -0.25) is 4.79 Å². The Kier molecular flexibility index (Phi) is 5.46. The molecule has 1 aromatic carbocycles. The number of thiazole rings is 1. The lowest BCUT2D eigenvalue weighted by Gasteiger charge is -2.12. The molecule has 7 heteroatoms. The maximum atomic E-state index is 12.6. The molecule has 0 bridgehead atoms. The number of nitrogens with zero attached hydrogens (tertiary/aromatic N) is 4. The smallest absolute Gasteiger partial charge is 0.273 e. The Labute approximate surface area is 156 Å². The minimum atomic E-state index is -0.164. The fourth-order valence-electron chi connectivity index (χ4n) is 2.48. The minimum absolute atomic E-state index is 0.164. The van der Waals surface area contributed by atoms with Crippen molar-refractivity contribution in [2.45, 2.75) is 39.7 Å². The lowest BCUT2D eigenvalue weighted by Crippen LogP contribution is -2.26. The number of hydrogen-bond acceptors (Lipinski definition) is 6. The van der Waals surface area contributed by atoms with Gasteiger partial charge in [-0.15, -0.1) is 11.3 Å². The normalized spacial score (nSPS) is 11.1. The predicted molar refractivity (Wildman–Crippen MR) is 101 cm³/mol. The number of carbonyl (C=O) groups is 1. The molecule has 0 fully saturated rings. The van der Waals surface area contributed by atoms with Crippen molar-refractivity contribution in [3.63, 3.8) is 0 Å².